The first kappa shape index (κ1) is 9.53. The molecule has 0 amide bonds. The third kappa shape index (κ3) is 1.90. The second-order valence-corrected chi connectivity index (χ2v) is 4.61. The molecule has 0 fully saturated rings. The highest BCUT2D eigenvalue weighted by atomic mass is 16.3. The fourth-order valence-electron chi connectivity index (χ4n) is 2.04. The van der Waals surface area contributed by atoms with E-state index in [9.17, 15) is 5.11 Å². The summed E-state index contributed by atoms with van der Waals surface area (Å²) in [6, 6.07) is 8.43. The van der Waals surface area contributed by atoms with Crippen LogP contribution in [0.1, 0.15) is 19.4 Å². The van der Waals surface area contributed by atoms with E-state index < -0.39 is 5.60 Å². The summed E-state index contributed by atoms with van der Waals surface area (Å²) in [5, 5.41) is 9.76. The van der Waals surface area contributed by atoms with E-state index in [2.05, 4.69) is 29.2 Å². The summed E-state index contributed by atoms with van der Waals surface area (Å²) in [6.45, 7) is 5.45. The largest absolute Gasteiger partial charge is 0.389 e. The number of β-amino-alcohol motifs (C(OH)–C–C–N with tert-alkyl or cyclic N) is 1. The van der Waals surface area contributed by atoms with Crippen LogP contribution in [0.4, 0.5) is 5.69 Å². The van der Waals surface area contributed by atoms with Crippen LogP contribution in [0.2, 0.25) is 0 Å². The van der Waals surface area contributed by atoms with Crippen molar-refractivity contribution in [1.82, 2.24) is 0 Å². The van der Waals surface area contributed by atoms with Crippen LogP contribution in [0.5, 0.6) is 0 Å². The third-order valence-electron chi connectivity index (χ3n) is 2.56. The summed E-state index contributed by atoms with van der Waals surface area (Å²) in [4.78, 5) is 2.26. The molecule has 0 aromatic heterocycles. The SMILES string of the molecule is CC(C)(O)CN1CCc2ccccc21. The van der Waals surface area contributed by atoms with Crippen molar-refractivity contribution >= 4 is 5.69 Å². The molecule has 0 radical (unpaired) electrons. The van der Waals surface area contributed by atoms with Crippen molar-refractivity contribution < 1.29 is 5.11 Å². The third-order valence-corrected chi connectivity index (χ3v) is 2.56. The number of fused-ring (bicyclic) bond motifs is 1. The Labute approximate surface area is 85.2 Å². The van der Waals surface area contributed by atoms with Crippen LogP contribution in [-0.4, -0.2) is 23.8 Å². The molecule has 0 atom stereocenters. The molecule has 0 spiro atoms. The molecular weight excluding hydrogens is 174 g/mol. The van der Waals surface area contributed by atoms with Crippen LogP contribution in [0.3, 0.4) is 0 Å². The maximum atomic E-state index is 9.76. The maximum Gasteiger partial charge on any atom is 0.0765 e. The minimum Gasteiger partial charge on any atom is -0.389 e. The lowest BCUT2D eigenvalue weighted by Gasteiger charge is -2.27. The average molecular weight is 191 g/mol. The molecule has 76 valence electrons. The molecule has 0 bridgehead atoms. The molecule has 0 saturated carbocycles. The fourth-order valence-corrected chi connectivity index (χ4v) is 2.04. The van der Waals surface area contributed by atoms with Gasteiger partial charge >= 0.3 is 0 Å². The van der Waals surface area contributed by atoms with Gasteiger partial charge in [0.15, 0.2) is 0 Å². The molecule has 14 heavy (non-hydrogen) atoms. The predicted octanol–water partition coefficient (Wildman–Crippen LogP) is 1.82. The van der Waals surface area contributed by atoms with E-state index in [1.165, 1.54) is 11.3 Å². The minimum absolute atomic E-state index is 0.614. The number of aliphatic hydroxyl groups is 1. The van der Waals surface area contributed by atoms with Gasteiger partial charge in [0.2, 0.25) is 0 Å². The number of anilines is 1. The Morgan fingerprint density at radius 2 is 2.07 bits per heavy atom. The van der Waals surface area contributed by atoms with Crippen LogP contribution in [0.15, 0.2) is 24.3 Å². The zero-order chi connectivity index (χ0) is 10.2. The highest BCUT2D eigenvalue weighted by Crippen LogP contribution is 2.28. The number of hydrogen-bond donors (Lipinski definition) is 1. The molecule has 1 aromatic rings. The summed E-state index contributed by atoms with van der Waals surface area (Å²) < 4.78 is 0. The van der Waals surface area contributed by atoms with Crippen LogP contribution < -0.4 is 4.90 Å². The second-order valence-electron chi connectivity index (χ2n) is 4.61. The van der Waals surface area contributed by atoms with E-state index >= 15 is 0 Å². The molecule has 2 rings (SSSR count). The molecule has 0 saturated heterocycles. The van der Waals surface area contributed by atoms with Crippen molar-refractivity contribution in [3.05, 3.63) is 29.8 Å². The van der Waals surface area contributed by atoms with Gasteiger partial charge in [0.1, 0.15) is 0 Å². The molecule has 1 aromatic carbocycles. The Bertz CT molecular complexity index is 327. The first-order chi connectivity index (χ1) is 6.56. The molecule has 1 heterocycles. The quantitative estimate of drug-likeness (QED) is 0.770. The average Bonchev–Trinajstić information content (AvgIpc) is 2.47. The molecule has 1 N–H and O–H groups in total. The number of benzene rings is 1. The summed E-state index contributed by atoms with van der Waals surface area (Å²) >= 11 is 0. The Morgan fingerprint density at radius 1 is 1.36 bits per heavy atom. The van der Waals surface area contributed by atoms with Gasteiger partial charge in [0.25, 0.3) is 0 Å². The molecule has 1 aliphatic heterocycles. The van der Waals surface area contributed by atoms with Gasteiger partial charge in [-0.25, -0.2) is 0 Å². The van der Waals surface area contributed by atoms with Crippen molar-refractivity contribution in [3.63, 3.8) is 0 Å². The molecule has 2 heteroatoms. The van der Waals surface area contributed by atoms with E-state index in [1.54, 1.807) is 0 Å². The van der Waals surface area contributed by atoms with Gasteiger partial charge < -0.3 is 10.0 Å². The van der Waals surface area contributed by atoms with Gasteiger partial charge in [0.05, 0.1) is 5.60 Å². The molecule has 0 aliphatic carbocycles. The zero-order valence-electron chi connectivity index (χ0n) is 8.83. The topological polar surface area (TPSA) is 23.5 Å². The van der Waals surface area contributed by atoms with Crippen LogP contribution >= 0.6 is 0 Å². The summed E-state index contributed by atoms with van der Waals surface area (Å²) in [5.74, 6) is 0. The predicted molar refractivity (Wildman–Crippen MR) is 58.7 cm³/mol. The standard InChI is InChI=1S/C12H17NO/c1-12(2,14)9-13-8-7-10-5-3-4-6-11(10)13/h3-6,14H,7-9H2,1-2H3. The molecular formula is C12H17NO. The fraction of sp³-hybridized carbons (Fsp3) is 0.500. The van der Waals surface area contributed by atoms with Gasteiger partial charge in [-0.1, -0.05) is 18.2 Å². The van der Waals surface area contributed by atoms with E-state index in [0.29, 0.717) is 6.54 Å². The van der Waals surface area contributed by atoms with Crippen molar-refractivity contribution in [1.29, 1.82) is 0 Å². The van der Waals surface area contributed by atoms with Crippen molar-refractivity contribution in [2.45, 2.75) is 25.9 Å². The smallest absolute Gasteiger partial charge is 0.0765 e. The monoisotopic (exact) mass is 191 g/mol. The van der Waals surface area contributed by atoms with Gasteiger partial charge in [-0.2, -0.15) is 0 Å². The van der Waals surface area contributed by atoms with E-state index in [0.717, 1.165) is 13.0 Å². The normalized spacial score (nSPS) is 15.8. The zero-order valence-corrected chi connectivity index (χ0v) is 8.83. The van der Waals surface area contributed by atoms with Crippen LogP contribution in [-0.2, 0) is 6.42 Å². The van der Waals surface area contributed by atoms with Crippen LogP contribution in [0, 0.1) is 0 Å². The van der Waals surface area contributed by atoms with Gasteiger partial charge in [-0.15, -0.1) is 0 Å². The second kappa shape index (κ2) is 3.28. The van der Waals surface area contributed by atoms with E-state index in [4.69, 9.17) is 0 Å². The van der Waals surface area contributed by atoms with Crippen LogP contribution in [0.25, 0.3) is 0 Å². The summed E-state index contributed by atoms with van der Waals surface area (Å²) in [7, 11) is 0. The minimum atomic E-state index is -0.614. The number of rotatable bonds is 2. The van der Waals surface area contributed by atoms with Gasteiger partial charge in [0, 0.05) is 18.8 Å². The Balaban J connectivity index is 2.18. The van der Waals surface area contributed by atoms with Crippen molar-refractivity contribution in [2.24, 2.45) is 0 Å². The highest BCUT2D eigenvalue weighted by Gasteiger charge is 2.23. The molecule has 2 nitrogen and oxygen atoms in total. The summed E-state index contributed by atoms with van der Waals surface area (Å²) in [5.41, 5.74) is 2.07. The highest BCUT2D eigenvalue weighted by molar-refractivity contribution is 5.57. The number of nitrogens with zero attached hydrogens (tertiary/aromatic N) is 1. The van der Waals surface area contributed by atoms with Gasteiger partial charge in [-0.3, -0.25) is 0 Å². The first-order valence-electron chi connectivity index (χ1n) is 5.11. The van der Waals surface area contributed by atoms with Crippen molar-refractivity contribution in [3.8, 4) is 0 Å². The van der Waals surface area contributed by atoms with Gasteiger partial charge in [-0.05, 0) is 31.9 Å². The summed E-state index contributed by atoms with van der Waals surface area (Å²) in [6.07, 6.45) is 1.10. The van der Waals surface area contributed by atoms with Crippen molar-refractivity contribution in [2.75, 3.05) is 18.0 Å². The number of hydrogen-bond acceptors (Lipinski definition) is 2. The number of para-hydroxylation sites is 1. The van der Waals surface area contributed by atoms with E-state index in [1.807, 2.05) is 13.8 Å². The Morgan fingerprint density at radius 3 is 2.79 bits per heavy atom. The lowest BCUT2D eigenvalue weighted by Crippen LogP contribution is -2.37. The first-order valence-corrected chi connectivity index (χ1v) is 5.11. The maximum absolute atomic E-state index is 9.76. The Kier molecular flexibility index (Phi) is 2.23. The van der Waals surface area contributed by atoms with E-state index in [-0.39, 0.29) is 0 Å². The lowest BCUT2D eigenvalue weighted by atomic mass is 10.1. The molecule has 1 aliphatic rings. The lowest BCUT2D eigenvalue weighted by molar-refractivity contribution is 0.0878. The Hall–Kier alpha value is -1.02. The molecule has 0 unspecified atom stereocenters.